The quantitative estimate of drug-likeness (QED) is 0.296. The van der Waals surface area contributed by atoms with Gasteiger partial charge in [-0.3, -0.25) is 9.59 Å². The molecule has 4 heteroatoms. The van der Waals surface area contributed by atoms with Crippen LogP contribution in [0, 0.1) is 0 Å². The van der Waals surface area contributed by atoms with Gasteiger partial charge in [-0.05, 0) is 12.2 Å². The highest BCUT2D eigenvalue weighted by Crippen LogP contribution is 1.75. The van der Waals surface area contributed by atoms with Crippen molar-refractivity contribution in [3.8, 4) is 0 Å². The minimum Gasteiger partial charge on any atom is -0.464 e. The molecule has 0 unspecified atom stereocenters. The zero-order chi connectivity index (χ0) is 7.66. The maximum absolute atomic E-state index is 9.55. The van der Waals surface area contributed by atoms with Crippen LogP contribution in [-0.4, -0.2) is 26.2 Å². The van der Waals surface area contributed by atoms with Gasteiger partial charge in [0.05, 0.1) is 0 Å². The minimum absolute atomic E-state index is 0.214. The minimum atomic E-state index is 0.214. The first-order valence-corrected chi connectivity index (χ1v) is 2.67. The van der Waals surface area contributed by atoms with E-state index in [1.165, 1.54) is 0 Å². The van der Waals surface area contributed by atoms with Crippen LogP contribution in [0.3, 0.4) is 0 Å². The van der Waals surface area contributed by atoms with Crippen molar-refractivity contribution in [2.24, 2.45) is 0 Å². The van der Waals surface area contributed by atoms with E-state index < -0.39 is 0 Å². The number of carbonyl (C=O) groups is 2. The molecule has 0 fully saturated rings. The highest BCUT2D eigenvalue weighted by Gasteiger charge is 1.75. The molecular formula is C6H8O4. The molecule has 0 aromatic heterocycles. The molecule has 0 radical (unpaired) electrons. The summed E-state index contributed by atoms with van der Waals surface area (Å²) in [4.78, 5) is 19.1. The topological polar surface area (TPSA) is 52.6 Å². The molecule has 0 aliphatic carbocycles. The zero-order valence-electron chi connectivity index (χ0n) is 5.36. The third-order valence-corrected chi connectivity index (χ3v) is 0.688. The second-order valence-corrected chi connectivity index (χ2v) is 1.33. The van der Waals surface area contributed by atoms with Gasteiger partial charge in [-0.25, -0.2) is 0 Å². The summed E-state index contributed by atoms with van der Waals surface area (Å²) in [5.41, 5.74) is 0. The van der Waals surface area contributed by atoms with E-state index in [0.29, 0.717) is 12.9 Å². The van der Waals surface area contributed by atoms with E-state index in [4.69, 9.17) is 0 Å². The summed E-state index contributed by atoms with van der Waals surface area (Å²) >= 11 is 0. The Bertz CT molecular complexity index is 105. The third kappa shape index (κ3) is 6.68. The SMILES string of the molecule is O=COCC=CCOC=O. The van der Waals surface area contributed by atoms with E-state index in [2.05, 4.69) is 9.47 Å². The van der Waals surface area contributed by atoms with E-state index in [-0.39, 0.29) is 13.2 Å². The lowest BCUT2D eigenvalue weighted by Gasteiger charge is -1.89. The van der Waals surface area contributed by atoms with E-state index >= 15 is 0 Å². The van der Waals surface area contributed by atoms with E-state index in [1.54, 1.807) is 12.2 Å². The van der Waals surface area contributed by atoms with Crippen LogP contribution < -0.4 is 0 Å². The highest BCUT2D eigenvalue weighted by atomic mass is 16.5. The number of rotatable bonds is 6. The van der Waals surface area contributed by atoms with Gasteiger partial charge in [-0.2, -0.15) is 0 Å². The van der Waals surface area contributed by atoms with Gasteiger partial charge in [0.1, 0.15) is 13.2 Å². The van der Waals surface area contributed by atoms with Gasteiger partial charge in [-0.1, -0.05) is 0 Å². The Morgan fingerprint density at radius 1 is 0.900 bits per heavy atom. The first kappa shape index (κ1) is 8.68. The molecule has 10 heavy (non-hydrogen) atoms. The predicted molar refractivity (Wildman–Crippen MR) is 33.2 cm³/mol. The number of ether oxygens (including phenoxy) is 2. The maximum atomic E-state index is 9.55. The second-order valence-electron chi connectivity index (χ2n) is 1.33. The van der Waals surface area contributed by atoms with Crippen LogP contribution in [0.25, 0.3) is 0 Å². The average molecular weight is 144 g/mol. The molecule has 0 N–H and O–H groups in total. The summed E-state index contributed by atoms with van der Waals surface area (Å²) in [6.45, 7) is 1.13. The van der Waals surface area contributed by atoms with Gasteiger partial charge in [0.15, 0.2) is 0 Å². The summed E-state index contributed by atoms with van der Waals surface area (Å²) in [7, 11) is 0. The zero-order valence-corrected chi connectivity index (χ0v) is 5.36. The third-order valence-electron chi connectivity index (χ3n) is 0.688. The normalized spacial score (nSPS) is 9.20. The molecule has 0 spiro atoms. The molecule has 0 rings (SSSR count). The summed E-state index contributed by atoms with van der Waals surface area (Å²) in [6, 6.07) is 0. The fourth-order valence-electron chi connectivity index (χ4n) is 0.326. The smallest absolute Gasteiger partial charge is 0.293 e. The van der Waals surface area contributed by atoms with Crippen LogP contribution >= 0.6 is 0 Å². The van der Waals surface area contributed by atoms with Gasteiger partial charge in [0.25, 0.3) is 12.9 Å². The van der Waals surface area contributed by atoms with Gasteiger partial charge in [0.2, 0.25) is 0 Å². The highest BCUT2D eigenvalue weighted by molar-refractivity contribution is 5.37. The molecule has 0 aromatic rings. The van der Waals surface area contributed by atoms with Crippen molar-refractivity contribution in [1.29, 1.82) is 0 Å². The number of hydrogen-bond donors (Lipinski definition) is 0. The number of carbonyl (C=O) groups excluding carboxylic acids is 2. The van der Waals surface area contributed by atoms with Crippen LogP contribution in [0.1, 0.15) is 0 Å². The maximum Gasteiger partial charge on any atom is 0.293 e. The molecule has 0 saturated heterocycles. The monoisotopic (exact) mass is 144 g/mol. The molecular weight excluding hydrogens is 136 g/mol. The van der Waals surface area contributed by atoms with Crippen molar-refractivity contribution in [2.45, 2.75) is 0 Å². The lowest BCUT2D eigenvalue weighted by atomic mass is 10.5. The molecule has 0 bridgehead atoms. The largest absolute Gasteiger partial charge is 0.464 e. The van der Waals surface area contributed by atoms with Crippen molar-refractivity contribution < 1.29 is 19.1 Å². The van der Waals surface area contributed by atoms with E-state index in [0.717, 1.165) is 0 Å². The molecule has 56 valence electrons. The van der Waals surface area contributed by atoms with Crippen LogP contribution in [-0.2, 0) is 19.1 Å². The van der Waals surface area contributed by atoms with Crippen molar-refractivity contribution in [2.75, 3.05) is 13.2 Å². The summed E-state index contributed by atoms with van der Waals surface area (Å²) in [6.07, 6.45) is 3.16. The number of hydrogen-bond acceptors (Lipinski definition) is 4. The van der Waals surface area contributed by atoms with Crippen molar-refractivity contribution in [3.63, 3.8) is 0 Å². The van der Waals surface area contributed by atoms with E-state index in [9.17, 15) is 9.59 Å². The average Bonchev–Trinajstić information content (AvgIpc) is 1.97. The van der Waals surface area contributed by atoms with Crippen LogP contribution in [0.5, 0.6) is 0 Å². The first-order chi connectivity index (χ1) is 4.91. The Labute approximate surface area is 58.4 Å². The Balaban J connectivity index is 3.03. The van der Waals surface area contributed by atoms with Crippen molar-refractivity contribution >= 4 is 12.9 Å². The Morgan fingerprint density at radius 2 is 1.30 bits per heavy atom. The summed E-state index contributed by atoms with van der Waals surface area (Å²) in [5, 5.41) is 0. The molecule has 4 nitrogen and oxygen atoms in total. The van der Waals surface area contributed by atoms with Crippen LogP contribution in [0.2, 0.25) is 0 Å². The van der Waals surface area contributed by atoms with Gasteiger partial charge in [-0.15, -0.1) is 0 Å². The standard InChI is InChI=1S/C6H8O4/c7-5-9-3-1-2-4-10-6-8/h1-2,5-6H,3-4H2. The lowest BCUT2D eigenvalue weighted by molar-refractivity contribution is -0.128. The summed E-state index contributed by atoms with van der Waals surface area (Å²) < 4.78 is 8.60. The molecule has 0 heterocycles. The molecule has 0 atom stereocenters. The Hall–Kier alpha value is -1.32. The van der Waals surface area contributed by atoms with Gasteiger partial charge < -0.3 is 9.47 Å². The first-order valence-electron chi connectivity index (χ1n) is 2.67. The van der Waals surface area contributed by atoms with Crippen molar-refractivity contribution in [1.82, 2.24) is 0 Å². The Morgan fingerprint density at radius 3 is 1.60 bits per heavy atom. The van der Waals surface area contributed by atoms with Gasteiger partial charge >= 0.3 is 0 Å². The lowest BCUT2D eigenvalue weighted by Crippen LogP contribution is -1.89. The van der Waals surface area contributed by atoms with Crippen LogP contribution in [0.15, 0.2) is 12.2 Å². The molecule has 0 amide bonds. The fourth-order valence-corrected chi connectivity index (χ4v) is 0.326. The molecule has 0 aliphatic rings. The Kier molecular flexibility index (Phi) is 6.67. The second kappa shape index (κ2) is 7.68. The van der Waals surface area contributed by atoms with Crippen molar-refractivity contribution in [3.05, 3.63) is 12.2 Å². The molecule has 0 aromatic carbocycles. The predicted octanol–water partition coefficient (Wildman–Crippen LogP) is -0.111. The van der Waals surface area contributed by atoms with Gasteiger partial charge in [0, 0.05) is 0 Å². The molecule has 0 saturated carbocycles. The summed E-state index contributed by atoms with van der Waals surface area (Å²) in [5.74, 6) is 0. The fraction of sp³-hybridized carbons (Fsp3) is 0.333. The van der Waals surface area contributed by atoms with E-state index in [1.807, 2.05) is 0 Å². The molecule has 0 aliphatic heterocycles. The van der Waals surface area contributed by atoms with Crippen LogP contribution in [0.4, 0.5) is 0 Å².